The Morgan fingerprint density at radius 1 is 0.487 bits per heavy atom. The summed E-state index contributed by atoms with van der Waals surface area (Å²) in [6.45, 7) is 27.1. The van der Waals surface area contributed by atoms with Gasteiger partial charge in [-0.3, -0.25) is 0 Å². The molecule has 1 heterocycles. The van der Waals surface area contributed by atoms with Gasteiger partial charge < -0.3 is 12.3 Å². The van der Waals surface area contributed by atoms with E-state index < -0.39 is 69.1 Å². The molecule has 0 saturated carbocycles. The van der Waals surface area contributed by atoms with Crippen LogP contribution in [-0.2, 0) is 32.0 Å². The molecule has 0 saturated heterocycles. The fourth-order valence-corrected chi connectivity index (χ4v) is 25.1. The molecule has 1 aromatic rings. The van der Waals surface area contributed by atoms with Crippen LogP contribution in [0.2, 0.25) is 96.7 Å². The SMILES string of the molecule is C[SiH](C)O[Si](C)(C)CCCn1c(=O)n(CCC[Si](C)(C)O[SiH](C)C)c(=O)n(CCC[Si](C)(C)O[SiH](C)C)c1=O. The fourth-order valence-electron chi connectivity index (χ4n) is 5.34. The van der Waals surface area contributed by atoms with E-state index in [1.54, 1.807) is 0 Å². The van der Waals surface area contributed by atoms with Gasteiger partial charge in [0.1, 0.15) is 0 Å². The minimum absolute atomic E-state index is 0.308. The molecule has 1 rings (SSSR count). The first-order chi connectivity index (χ1) is 17.8. The predicted octanol–water partition coefficient (Wildman–Crippen LogP) is 3.96. The molecule has 0 aliphatic carbocycles. The second-order valence-corrected chi connectivity index (χ2v) is 34.6. The lowest BCUT2D eigenvalue weighted by Crippen LogP contribution is -2.55. The largest absolute Gasteiger partial charge is 0.458 e. The highest BCUT2D eigenvalue weighted by Gasteiger charge is 2.26. The van der Waals surface area contributed by atoms with E-state index in [9.17, 15) is 14.4 Å². The molecule has 228 valence electrons. The van der Waals surface area contributed by atoms with Gasteiger partial charge in [0, 0.05) is 19.6 Å². The molecule has 15 heteroatoms. The third kappa shape index (κ3) is 13.4. The highest BCUT2D eigenvalue weighted by Crippen LogP contribution is 2.17. The summed E-state index contributed by atoms with van der Waals surface area (Å²) < 4.78 is 22.7. The Labute approximate surface area is 244 Å². The molecule has 0 radical (unpaired) electrons. The standard InChI is InChI=1S/C24H57N3O6Si6/c1-34(2)31-37(7,8)19-13-16-25-22(28)26(17-14-20-38(9,10)32-35(3)4)24(30)27(23(25)29)18-15-21-39(11,12)33-36(5)6/h34-36H,13-21H2,1-12H3. The van der Waals surface area contributed by atoms with Crippen LogP contribution in [0.3, 0.4) is 0 Å². The van der Waals surface area contributed by atoms with E-state index >= 15 is 0 Å². The van der Waals surface area contributed by atoms with Crippen molar-refractivity contribution in [1.82, 2.24) is 13.7 Å². The van der Waals surface area contributed by atoms with Crippen LogP contribution in [0, 0.1) is 0 Å². The molecule has 1 aromatic heterocycles. The normalized spacial score (nSPS) is 13.3. The van der Waals surface area contributed by atoms with Crippen LogP contribution < -0.4 is 17.1 Å². The molecular formula is C24H57N3O6Si6. The van der Waals surface area contributed by atoms with Gasteiger partial charge in [-0.1, -0.05) is 0 Å². The van der Waals surface area contributed by atoms with Crippen molar-refractivity contribution in [2.75, 3.05) is 0 Å². The minimum atomic E-state index is -1.85. The van der Waals surface area contributed by atoms with Crippen LogP contribution in [0.25, 0.3) is 0 Å². The summed E-state index contributed by atoms with van der Waals surface area (Å²) in [6.07, 6.45) is 2.06. The highest BCUT2D eigenvalue weighted by molar-refractivity contribution is 6.78. The summed E-state index contributed by atoms with van der Waals surface area (Å²) in [7, 11) is -9.01. The van der Waals surface area contributed by atoms with Crippen molar-refractivity contribution in [3.8, 4) is 0 Å². The number of hydrogen-bond acceptors (Lipinski definition) is 6. The average molecular weight is 652 g/mol. The Bertz CT molecular complexity index is 918. The summed E-state index contributed by atoms with van der Waals surface area (Å²) >= 11 is 0. The summed E-state index contributed by atoms with van der Waals surface area (Å²) in [6, 6.07) is 2.61. The monoisotopic (exact) mass is 651 g/mol. The zero-order chi connectivity index (χ0) is 30.2. The molecular weight excluding hydrogens is 595 g/mol. The third-order valence-corrected chi connectivity index (χ3v) is 24.5. The van der Waals surface area contributed by atoms with E-state index in [1.807, 2.05) is 0 Å². The molecule has 0 amide bonds. The molecule has 0 aliphatic rings. The first-order valence-electron chi connectivity index (χ1n) is 14.7. The highest BCUT2D eigenvalue weighted by atomic mass is 28.4. The van der Waals surface area contributed by atoms with Crippen molar-refractivity contribution in [2.45, 2.75) is 136 Å². The third-order valence-electron chi connectivity index (χ3n) is 6.53. The predicted molar refractivity (Wildman–Crippen MR) is 180 cm³/mol. The second-order valence-electron chi connectivity index (χ2n) is 13.4. The minimum Gasteiger partial charge on any atom is -0.458 e. The van der Waals surface area contributed by atoms with E-state index in [4.69, 9.17) is 12.3 Å². The van der Waals surface area contributed by atoms with Crippen LogP contribution in [-0.4, -0.2) is 65.8 Å². The van der Waals surface area contributed by atoms with E-state index in [0.717, 1.165) is 18.1 Å². The van der Waals surface area contributed by atoms with Gasteiger partial charge in [0.2, 0.25) is 0 Å². The lowest BCUT2D eigenvalue weighted by molar-refractivity contribution is 0.431. The molecule has 0 spiro atoms. The first kappa shape index (κ1) is 36.6. The second kappa shape index (κ2) is 15.7. The first-order valence-corrected chi connectivity index (χ1v) is 32.4. The van der Waals surface area contributed by atoms with E-state index in [2.05, 4.69) is 78.6 Å². The maximum Gasteiger partial charge on any atom is 0.336 e. The van der Waals surface area contributed by atoms with Gasteiger partial charge in [0.25, 0.3) is 0 Å². The van der Waals surface area contributed by atoms with Crippen molar-refractivity contribution in [1.29, 1.82) is 0 Å². The summed E-state index contributed by atoms with van der Waals surface area (Å²) in [4.78, 5) is 40.4. The number of hydrogen-bond donors (Lipinski definition) is 0. The molecule has 0 atom stereocenters. The zero-order valence-corrected chi connectivity index (χ0v) is 33.4. The van der Waals surface area contributed by atoms with Crippen LogP contribution >= 0.6 is 0 Å². The number of rotatable bonds is 18. The average Bonchev–Trinajstić information content (AvgIpc) is 2.72. The zero-order valence-electron chi connectivity index (χ0n) is 26.9. The molecule has 0 bridgehead atoms. The number of aromatic nitrogens is 3. The molecule has 0 N–H and O–H groups in total. The van der Waals surface area contributed by atoms with Crippen molar-refractivity contribution >= 4 is 52.1 Å². The summed E-state index contributed by atoms with van der Waals surface area (Å²) in [5.41, 5.74) is -1.45. The Balaban J connectivity index is 3.25. The van der Waals surface area contributed by atoms with Crippen LogP contribution in [0.15, 0.2) is 14.4 Å². The van der Waals surface area contributed by atoms with Gasteiger partial charge in [0.15, 0.2) is 52.1 Å². The van der Waals surface area contributed by atoms with Crippen LogP contribution in [0.4, 0.5) is 0 Å². The van der Waals surface area contributed by atoms with Gasteiger partial charge >= 0.3 is 17.1 Å². The molecule has 39 heavy (non-hydrogen) atoms. The quantitative estimate of drug-likeness (QED) is 0.223. The smallest absolute Gasteiger partial charge is 0.336 e. The molecule has 0 unspecified atom stereocenters. The van der Waals surface area contributed by atoms with Crippen molar-refractivity contribution in [3.63, 3.8) is 0 Å². The van der Waals surface area contributed by atoms with Gasteiger partial charge in [0.05, 0.1) is 0 Å². The van der Waals surface area contributed by atoms with Gasteiger partial charge in [-0.15, -0.1) is 0 Å². The molecule has 9 nitrogen and oxygen atoms in total. The Hall–Kier alpha value is -0.409. The van der Waals surface area contributed by atoms with Crippen molar-refractivity contribution in [2.24, 2.45) is 0 Å². The van der Waals surface area contributed by atoms with Gasteiger partial charge in [-0.2, -0.15) is 0 Å². The molecule has 0 fully saturated rings. The Morgan fingerprint density at radius 2 is 0.692 bits per heavy atom. The lowest BCUT2D eigenvalue weighted by atomic mass is 10.4. The maximum absolute atomic E-state index is 13.5. The van der Waals surface area contributed by atoms with Crippen LogP contribution in [0.1, 0.15) is 19.3 Å². The van der Waals surface area contributed by atoms with Crippen LogP contribution in [0.5, 0.6) is 0 Å². The maximum atomic E-state index is 13.5. The fraction of sp³-hybridized carbons (Fsp3) is 0.875. The van der Waals surface area contributed by atoms with E-state index in [1.165, 1.54) is 13.7 Å². The van der Waals surface area contributed by atoms with Gasteiger partial charge in [-0.25, -0.2) is 28.1 Å². The van der Waals surface area contributed by atoms with Crippen molar-refractivity contribution in [3.05, 3.63) is 31.5 Å². The van der Waals surface area contributed by atoms with Crippen molar-refractivity contribution < 1.29 is 12.3 Å². The van der Waals surface area contributed by atoms with Gasteiger partial charge in [-0.05, 0) is 116 Å². The topological polar surface area (TPSA) is 93.7 Å². The lowest BCUT2D eigenvalue weighted by Gasteiger charge is -2.26. The number of nitrogens with zero attached hydrogens (tertiary/aromatic N) is 3. The summed E-state index contributed by atoms with van der Waals surface area (Å²) in [5.74, 6) is 0. The molecule has 0 aliphatic heterocycles. The molecule has 0 aromatic carbocycles. The van der Waals surface area contributed by atoms with E-state index in [0.29, 0.717) is 38.9 Å². The summed E-state index contributed by atoms with van der Waals surface area (Å²) in [5, 5.41) is 0. The van der Waals surface area contributed by atoms with E-state index in [-0.39, 0.29) is 0 Å². The Kier molecular flexibility index (Phi) is 14.8. The Morgan fingerprint density at radius 3 is 0.872 bits per heavy atom.